The Morgan fingerprint density at radius 1 is 1.00 bits per heavy atom. The molecule has 0 amide bonds. The molecule has 1 aromatic heterocycles. The summed E-state index contributed by atoms with van der Waals surface area (Å²) in [4.78, 5) is 1.63. The number of aliphatic hydroxyl groups excluding tert-OH is 1. The maximum absolute atomic E-state index is 11.1. The van der Waals surface area contributed by atoms with Crippen molar-refractivity contribution in [1.82, 2.24) is 15.0 Å². The lowest BCUT2D eigenvalue weighted by Crippen LogP contribution is -2.36. The van der Waals surface area contributed by atoms with E-state index in [2.05, 4.69) is 64.7 Å². The van der Waals surface area contributed by atoms with Crippen LogP contribution in [0.15, 0.2) is 41.7 Å². The highest BCUT2D eigenvalue weighted by Crippen LogP contribution is 2.52. The Labute approximate surface area is 150 Å². The van der Waals surface area contributed by atoms with Gasteiger partial charge in [0.05, 0.1) is 0 Å². The van der Waals surface area contributed by atoms with E-state index in [0.717, 1.165) is 22.3 Å². The average Bonchev–Trinajstić information content (AvgIpc) is 2.90. The molecule has 4 heteroatoms. The molecule has 2 aromatic rings. The molecule has 1 aliphatic rings. The van der Waals surface area contributed by atoms with Crippen LogP contribution in [0.2, 0.25) is 0 Å². The summed E-state index contributed by atoms with van der Waals surface area (Å²) in [6, 6.07) is 7.80. The van der Waals surface area contributed by atoms with Crippen LogP contribution in [0.1, 0.15) is 54.9 Å². The Kier molecular flexibility index (Phi) is 3.86. The van der Waals surface area contributed by atoms with Crippen LogP contribution in [0.25, 0.3) is 16.7 Å². The third kappa shape index (κ3) is 2.99. The quantitative estimate of drug-likeness (QED) is 0.737. The lowest BCUT2D eigenvalue weighted by atomic mass is 9.61. The molecule has 134 valence electrons. The van der Waals surface area contributed by atoms with E-state index in [0.29, 0.717) is 12.2 Å². The summed E-state index contributed by atoms with van der Waals surface area (Å²) < 4.78 is 0. The molecule has 0 radical (unpaired) electrons. The second kappa shape index (κ2) is 5.45. The van der Waals surface area contributed by atoms with Gasteiger partial charge in [-0.1, -0.05) is 66.7 Å². The van der Waals surface area contributed by atoms with Crippen molar-refractivity contribution in [1.29, 1.82) is 0 Å². The molecule has 1 heterocycles. The number of allylic oxidation sites excluding steroid dienone is 3. The van der Waals surface area contributed by atoms with E-state index in [1.165, 1.54) is 0 Å². The van der Waals surface area contributed by atoms with Crippen molar-refractivity contribution in [2.45, 2.75) is 54.9 Å². The van der Waals surface area contributed by atoms with Crippen LogP contribution in [0.4, 0.5) is 0 Å². The average molecular weight is 339 g/mol. The fourth-order valence-corrected chi connectivity index (χ4v) is 3.22. The highest BCUT2D eigenvalue weighted by Gasteiger charge is 2.43. The molecule has 1 aliphatic carbocycles. The van der Waals surface area contributed by atoms with Crippen LogP contribution in [0.3, 0.4) is 0 Å². The second-order valence-electron chi connectivity index (χ2n) is 9.43. The monoisotopic (exact) mass is 339 g/mol. The number of hydrogen-bond acceptors (Lipinski definition) is 3. The van der Waals surface area contributed by atoms with Crippen molar-refractivity contribution in [2.75, 3.05) is 0 Å². The summed E-state index contributed by atoms with van der Waals surface area (Å²) in [7, 11) is 0. The first kappa shape index (κ1) is 17.7. The predicted octanol–water partition coefficient (Wildman–Crippen LogP) is 5.59. The molecule has 1 atom stereocenters. The zero-order valence-corrected chi connectivity index (χ0v) is 16.4. The molecular formula is C21H29N3O. The number of fused-ring (bicyclic) bond motifs is 1. The molecule has 0 fully saturated rings. The molecule has 3 rings (SSSR count). The highest BCUT2D eigenvalue weighted by molar-refractivity contribution is 5.74. The molecule has 0 bridgehead atoms. The summed E-state index contributed by atoms with van der Waals surface area (Å²) in [6.45, 7) is 15.4. The second-order valence-corrected chi connectivity index (χ2v) is 9.43. The van der Waals surface area contributed by atoms with Gasteiger partial charge in [0.25, 0.3) is 0 Å². The molecule has 0 aliphatic heterocycles. The maximum atomic E-state index is 11.1. The number of aromatic nitrogens is 3. The van der Waals surface area contributed by atoms with E-state index in [9.17, 15) is 5.11 Å². The molecule has 1 unspecified atom stereocenters. The first-order chi connectivity index (χ1) is 11.4. The highest BCUT2D eigenvalue weighted by atomic mass is 16.3. The number of hydrogen-bond donors (Lipinski definition) is 1. The Bertz CT molecular complexity index is 841. The lowest BCUT2D eigenvalue weighted by molar-refractivity contribution is 0.161. The SMILES string of the molecule is CC(C)(C)C1=CC(C)(C(C)(C)C)CC(n2nc3ccccc3n2)=C1O. The van der Waals surface area contributed by atoms with Gasteiger partial charge in [0, 0.05) is 6.42 Å². The molecule has 1 aromatic carbocycles. The summed E-state index contributed by atoms with van der Waals surface area (Å²) >= 11 is 0. The predicted molar refractivity (Wildman–Crippen MR) is 103 cm³/mol. The van der Waals surface area contributed by atoms with E-state index in [4.69, 9.17) is 0 Å². The lowest BCUT2D eigenvalue weighted by Gasteiger charge is -2.44. The van der Waals surface area contributed by atoms with Crippen molar-refractivity contribution < 1.29 is 5.11 Å². The molecule has 0 spiro atoms. The van der Waals surface area contributed by atoms with Crippen LogP contribution in [-0.4, -0.2) is 20.1 Å². The standard InChI is InChI=1S/C21H29N3O/c1-19(2,3)14-12-21(7,20(4,5)6)13-17(18(14)25)24-22-15-10-8-9-11-16(15)23-24/h8-12,25H,13H2,1-7H3. The van der Waals surface area contributed by atoms with Crippen LogP contribution in [0.5, 0.6) is 0 Å². The van der Waals surface area contributed by atoms with E-state index < -0.39 is 0 Å². The van der Waals surface area contributed by atoms with Crippen molar-refractivity contribution in [2.24, 2.45) is 16.2 Å². The fourth-order valence-electron chi connectivity index (χ4n) is 3.22. The summed E-state index contributed by atoms with van der Waals surface area (Å²) in [5, 5.41) is 20.3. The third-order valence-corrected chi connectivity index (χ3v) is 5.58. The van der Waals surface area contributed by atoms with Gasteiger partial charge < -0.3 is 5.11 Å². The zero-order chi connectivity index (χ0) is 18.6. The number of rotatable bonds is 1. The zero-order valence-electron chi connectivity index (χ0n) is 16.4. The maximum Gasteiger partial charge on any atom is 0.142 e. The number of aliphatic hydroxyl groups is 1. The van der Waals surface area contributed by atoms with E-state index in [1.54, 1.807) is 4.80 Å². The Balaban J connectivity index is 2.21. The van der Waals surface area contributed by atoms with Crippen molar-refractivity contribution >= 4 is 16.7 Å². The van der Waals surface area contributed by atoms with Crippen molar-refractivity contribution in [3.8, 4) is 0 Å². The Hall–Kier alpha value is -2.10. The Morgan fingerprint density at radius 2 is 1.52 bits per heavy atom. The summed E-state index contributed by atoms with van der Waals surface area (Å²) in [5.74, 6) is 0.314. The smallest absolute Gasteiger partial charge is 0.142 e. The van der Waals surface area contributed by atoms with E-state index in [-0.39, 0.29) is 16.2 Å². The van der Waals surface area contributed by atoms with Gasteiger partial charge in [0.1, 0.15) is 22.5 Å². The Morgan fingerprint density at radius 3 is 1.96 bits per heavy atom. The van der Waals surface area contributed by atoms with E-state index >= 15 is 0 Å². The van der Waals surface area contributed by atoms with Gasteiger partial charge in [-0.3, -0.25) is 0 Å². The topological polar surface area (TPSA) is 50.9 Å². The minimum absolute atomic E-state index is 0.0437. The van der Waals surface area contributed by atoms with Crippen molar-refractivity contribution in [3.63, 3.8) is 0 Å². The first-order valence-corrected chi connectivity index (χ1v) is 8.91. The largest absolute Gasteiger partial charge is 0.506 e. The van der Waals surface area contributed by atoms with Gasteiger partial charge >= 0.3 is 0 Å². The van der Waals surface area contributed by atoms with Gasteiger partial charge in [-0.15, -0.1) is 10.2 Å². The van der Waals surface area contributed by atoms with Gasteiger partial charge in [-0.25, -0.2) is 0 Å². The van der Waals surface area contributed by atoms with Crippen LogP contribution in [-0.2, 0) is 0 Å². The van der Waals surface area contributed by atoms with Gasteiger partial charge in [-0.05, 0) is 34.0 Å². The molecule has 0 saturated carbocycles. The number of benzene rings is 1. The molecule has 0 saturated heterocycles. The van der Waals surface area contributed by atoms with Crippen molar-refractivity contribution in [3.05, 3.63) is 41.7 Å². The molecule has 25 heavy (non-hydrogen) atoms. The fraction of sp³-hybridized carbons (Fsp3) is 0.524. The normalized spacial score (nSPS) is 22.4. The summed E-state index contributed by atoms with van der Waals surface area (Å²) in [6.07, 6.45) is 2.96. The minimum Gasteiger partial charge on any atom is -0.506 e. The van der Waals surface area contributed by atoms with Gasteiger partial charge in [-0.2, -0.15) is 4.80 Å². The van der Waals surface area contributed by atoms with Crippen LogP contribution >= 0.6 is 0 Å². The van der Waals surface area contributed by atoms with E-state index in [1.807, 2.05) is 24.3 Å². The van der Waals surface area contributed by atoms with Crippen LogP contribution in [0, 0.1) is 16.2 Å². The molecular weight excluding hydrogens is 310 g/mol. The minimum atomic E-state index is -0.158. The van der Waals surface area contributed by atoms with Gasteiger partial charge in [0.15, 0.2) is 0 Å². The molecule has 4 nitrogen and oxygen atoms in total. The van der Waals surface area contributed by atoms with Crippen LogP contribution < -0.4 is 0 Å². The summed E-state index contributed by atoms with van der Waals surface area (Å²) in [5.41, 5.74) is 3.21. The van der Waals surface area contributed by atoms with Gasteiger partial charge in [0.2, 0.25) is 0 Å². The third-order valence-electron chi connectivity index (χ3n) is 5.58. The number of nitrogens with zero attached hydrogens (tertiary/aromatic N) is 3. The molecule has 1 N–H and O–H groups in total. The first-order valence-electron chi connectivity index (χ1n) is 8.91.